The van der Waals surface area contributed by atoms with Crippen LogP contribution in [0.15, 0.2) is 35.2 Å². The summed E-state index contributed by atoms with van der Waals surface area (Å²) in [5, 5.41) is 8.26. The van der Waals surface area contributed by atoms with Gasteiger partial charge in [-0.05, 0) is 55.2 Å². The highest BCUT2D eigenvalue weighted by molar-refractivity contribution is 7.89. The quantitative estimate of drug-likeness (QED) is 0.644. The maximum Gasteiger partial charge on any atom is 0.414 e. The summed E-state index contributed by atoms with van der Waals surface area (Å²) < 4.78 is 27.9. The summed E-state index contributed by atoms with van der Waals surface area (Å²) in [5.74, 6) is -0.657. The lowest BCUT2D eigenvalue weighted by Gasteiger charge is -2.23. The molecule has 2 aromatic carbocycles. The van der Waals surface area contributed by atoms with Crippen molar-refractivity contribution in [1.29, 1.82) is 0 Å². The largest absolute Gasteiger partial charge is 0.439 e. The van der Waals surface area contributed by atoms with E-state index in [-0.39, 0.29) is 15.6 Å². The first-order valence-corrected chi connectivity index (χ1v) is 11.8. The van der Waals surface area contributed by atoms with Crippen LogP contribution in [0.25, 0.3) is 0 Å². The number of carbonyl (C=O) groups excluding carboxylic acids is 2. The molecular formula is C19H18Cl3N3O5S. The molecule has 1 aliphatic rings. The average Bonchev–Trinajstić information content (AvgIpc) is 2.89. The van der Waals surface area contributed by atoms with Crippen molar-refractivity contribution >= 4 is 68.2 Å². The molecule has 0 bridgehead atoms. The van der Waals surface area contributed by atoms with Crippen LogP contribution in [0.4, 0.5) is 16.2 Å². The predicted octanol–water partition coefficient (Wildman–Crippen LogP) is 4.21. The van der Waals surface area contributed by atoms with Gasteiger partial charge in [-0.2, -0.15) is 0 Å². The molecular weight excluding hydrogens is 489 g/mol. The molecule has 0 atom stereocenters. The Balaban J connectivity index is 1.67. The van der Waals surface area contributed by atoms with Crippen LogP contribution in [0.2, 0.25) is 15.1 Å². The van der Waals surface area contributed by atoms with E-state index in [1.54, 1.807) is 12.1 Å². The van der Waals surface area contributed by atoms with Gasteiger partial charge in [0.2, 0.25) is 10.0 Å². The second kappa shape index (κ2) is 9.62. The van der Waals surface area contributed by atoms with Crippen molar-refractivity contribution in [2.75, 3.05) is 23.4 Å². The number of nitrogens with one attached hydrogen (secondary N) is 1. The number of benzene rings is 2. The summed E-state index contributed by atoms with van der Waals surface area (Å²) in [6.45, 7) is -0.196. The van der Waals surface area contributed by atoms with Gasteiger partial charge in [-0.1, -0.05) is 34.8 Å². The number of fused-ring (bicyclic) bond motifs is 1. The Bertz CT molecular complexity index is 1140. The Morgan fingerprint density at radius 3 is 2.52 bits per heavy atom. The standard InChI is InChI=1S/C19H18Cl3N3O5S/c20-12-7-11-3-1-2-6-25(18(11)15(22)8-12)19(27)30-10-17(26)24-16-5-4-13(9-14(16)21)31(23,28)29/h4-5,7-9H,1-3,6,10H2,(H,24,26)(H2,23,28,29). The summed E-state index contributed by atoms with van der Waals surface area (Å²) in [6, 6.07) is 6.90. The molecule has 0 aromatic heterocycles. The molecule has 0 aliphatic carbocycles. The second-order valence-electron chi connectivity index (χ2n) is 6.79. The number of nitrogens with two attached hydrogens (primary N) is 1. The first-order chi connectivity index (χ1) is 14.6. The fourth-order valence-corrected chi connectivity index (χ4v) is 4.63. The fraction of sp³-hybridized carbons (Fsp3) is 0.263. The molecule has 0 fully saturated rings. The summed E-state index contributed by atoms with van der Waals surface area (Å²) >= 11 is 18.4. The highest BCUT2D eigenvalue weighted by Crippen LogP contribution is 2.36. The molecule has 2 aromatic rings. The Kier molecular flexibility index (Phi) is 7.33. The number of primary sulfonamides is 1. The molecule has 1 heterocycles. The third-order valence-corrected chi connectivity index (χ3v) is 6.28. The third kappa shape index (κ3) is 5.81. The molecule has 0 saturated carbocycles. The minimum Gasteiger partial charge on any atom is -0.439 e. The van der Waals surface area contributed by atoms with Gasteiger partial charge in [-0.25, -0.2) is 18.4 Å². The lowest BCUT2D eigenvalue weighted by Crippen LogP contribution is -2.34. The monoisotopic (exact) mass is 505 g/mol. The average molecular weight is 507 g/mol. The Morgan fingerprint density at radius 1 is 1.10 bits per heavy atom. The van der Waals surface area contributed by atoms with Gasteiger partial charge in [0.15, 0.2) is 6.61 Å². The predicted molar refractivity (Wildman–Crippen MR) is 120 cm³/mol. The highest BCUT2D eigenvalue weighted by Gasteiger charge is 2.26. The van der Waals surface area contributed by atoms with E-state index < -0.39 is 28.6 Å². The molecule has 2 amide bonds. The molecule has 0 saturated heterocycles. The Morgan fingerprint density at radius 2 is 1.84 bits per heavy atom. The lowest BCUT2D eigenvalue weighted by atomic mass is 10.1. The van der Waals surface area contributed by atoms with E-state index in [1.807, 2.05) is 0 Å². The summed E-state index contributed by atoms with van der Waals surface area (Å²) in [6.07, 6.45) is 1.57. The van der Waals surface area contributed by atoms with Crippen LogP contribution in [0, 0.1) is 0 Å². The fourth-order valence-electron chi connectivity index (χ4n) is 3.16. The van der Waals surface area contributed by atoms with Gasteiger partial charge >= 0.3 is 6.09 Å². The molecule has 3 N–H and O–H groups in total. The topological polar surface area (TPSA) is 119 Å². The molecule has 0 unspecified atom stereocenters. The third-order valence-electron chi connectivity index (χ3n) is 4.55. The van der Waals surface area contributed by atoms with E-state index in [2.05, 4.69) is 5.32 Å². The number of nitrogens with zero attached hydrogens (tertiary/aromatic N) is 1. The van der Waals surface area contributed by atoms with Crippen LogP contribution in [0.1, 0.15) is 18.4 Å². The number of ether oxygens (including phenoxy) is 1. The van der Waals surface area contributed by atoms with Crippen molar-refractivity contribution in [3.05, 3.63) is 51.0 Å². The number of anilines is 2. The molecule has 8 nitrogen and oxygen atoms in total. The number of hydrogen-bond acceptors (Lipinski definition) is 5. The van der Waals surface area contributed by atoms with Crippen molar-refractivity contribution in [3.63, 3.8) is 0 Å². The maximum absolute atomic E-state index is 12.7. The molecule has 3 rings (SSSR count). The van der Waals surface area contributed by atoms with Crippen molar-refractivity contribution < 1.29 is 22.7 Å². The van der Waals surface area contributed by atoms with Crippen LogP contribution >= 0.6 is 34.8 Å². The number of hydrogen-bond donors (Lipinski definition) is 2. The number of halogens is 3. The lowest BCUT2D eigenvalue weighted by molar-refractivity contribution is -0.118. The number of sulfonamides is 1. The van der Waals surface area contributed by atoms with E-state index in [1.165, 1.54) is 17.0 Å². The van der Waals surface area contributed by atoms with E-state index in [9.17, 15) is 18.0 Å². The van der Waals surface area contributed by atoms with Crippen LogP contribution in [0.3, 0.4) is 0 Å². The van der Waals surface area contributed by atoms with Crippen molar-refractivity contribution in [3.8, 4) is 0 Å². The first kappa shape index (κ1) is 23.6. The van der Waals surface area contributed by atoms with E-state index in [0.717, 1.165) is 24.5 Å². The molecule has 1 aliphatic heterocycles. The zero-order chi connectivity index (χ0) is 22.8. The highest BCUT2D eigenvalue weighted by atomic mass is 35.5. The van der Waals surface area contributed by atoms with E-state index >= 15 is 0 Å². The van der Waals surface area contributed by atoms with Gasteiger partial charge in [0.1, 0.15) is 0 Å². The molecule has 0 spiro atoms. The minimum atomic E-state index is -3.93. The number of amides is 2. The summed E-state index contributed by atoms with van der Waals surface area (Å²) in [4.78, 5) is 26.1. The van der Waals surface area contributed by atoms with Gasteiger partial charge in [-0.3, -0.25) is 9.69 Å². The van der Waals surface area contributed by atoms with Crippen LogP contribution in [-0.4, -0.2) is 33.6 Å². The zero-order valence-electron chi connectivity index (χ0n) is 16.0. The number of carbonyl (C=O) groups is 2. The van der Waals surface area contributed by atoms with E-state index in [0.29, 0.717) is 28.7 Å². The van der Waals surface area contributed by atoms with Crippen molar-refractivity contribution in [2.24, 2.45) is 5.14 Å². The van der Waals surface area contributed by atoms with Gasteiger partial charge in [0.25, 0.3) is 5.91 Å². The first-order valence-electron chi connectivity index (χ1n) is 9.10. The smallest absolute Gasteiger partial charge is 0.414 e. The summed E-state index contributed by atoms with van der Waals surface area (Å²) in [5.41, 5.74) is 1.50. The maximum atomic E-state index is 12.7. The van der Waals surface area contributed by atoms with Crippen molar-refractivity contribution in [1.82, 2.24) is 0 Å². The summed E-state index contributed by atoms with van der Waals surface area (Å²) in [7, 11) is -3.93. The molecule has 166 valence electrons. The van der Waals surface area contributed by atoms with Gasteiger partial charge < -0.3 is 10.1 Å². The minimum absolute atomic E-state index is 0.0312. The molecule has 31 heavy (non-hydrogen) atoms. The van der Waals surface area contributed by atoms with E-state index in [4.69, 9.17) is 44.7 Å². The molecule has 12 heteroatoms. The van der Waals surface area contributed by atoms with Crippen molar-refractivity contribution in [2.45, 2.75) is 24.2 Å². The zero-order valence-corrected chi connectivity index (χ0v) is 19.1. The van der Waals surface area contributed by atoms with Crippen LogP contribution in [-0.2, 0) is 26.0 Å². The van der Waals surface area contributed by atoms with Gasteiger partial charge in [-0.15, -0.1) is 0 Å². The van der Waals surface area contributed by atoms with Gasteiger partial charge in [0, 0.05) is 11.6 Å². The van der Waals surface area contributed by atoms with Gasteiger partial charge in [0.05, 0.1) is 26.3 Å². The van der Waals surface area contributed by atoms with Crippen LogP contribution in [0.5, 0.6) is 0 Å². The molecule has 0 radical (unpaired) electrons. The normalized spacial score (nSPS) is 13.9. The Hall–Kier alpha value is -2.04. The van der Waals surface area contributed by atoms with Crippen LogP contribution < -0.4 is 15.4 Å². The number of aryl methyl sites for hydroxylation is 1. The Labute approximate surface area is 194 Å². The SMILES string of the molecule is NS(=O)(=O)c1ccc(NC(=O)COC(=O)N2CCCCc3cc(Cl)cc(Cl)c32)c(Cl)c1. The second-order valence-corrected chi connectivity index (χ2v) is 9.61. The number of rotatable bonds is 4.